The maximum absolute atomic E-state index is 13.1. The minimum Gasteiger partial charge on any atom is -0.507 e. The number of aromatic nitrogens is 3. The molecule has 128 valence electrons. The summed E-state index contributed by atoms with van der Waals surface area (Å²) in [5, 5.41) is 19.6. The third-order valence-electron chi connectivity index (χ3n) is 3.12. The standard InChI is InChI=1S/C16H12BrFN4O2S/c17-9-4-5-13(23)12(6-9)15-20-16(22-21-15)25-8-14(24)19-11-3-1-2-10(18)7-11/h1-7,23H,8H2,(H,19,24)(H,20,21,22). The van der Waals surface area contributed by atoms with E-state index in [-0.39, 0.29) is 17.4 Å². The molecule has 25 heavy (non-hydrogen) atoms. The van der Waals surface area contributed by atoms with E-state index in [1.54, 1.807) is 24.3 Å². The molecule has 0 aliphatic carbocycles. The highest BCUT2D eigenvalue weighted by molar-refractivity contribution is 9.10. The lowest BCUT2D eigenvalue weighted by Crippen LogP contribution is -2.14. The normalized spacial score (nSPS) is 10.6. The maximum Gasteiger partial charge on any atom is 0.234 e. The van der Waals surface area contributed by atoms with Crippen LogP contribution in [0.2, 0.25) is 0 Å². The van der Waals surface area contributed by atoms with Crippen molar-refractivity contribution in [3.05, 3.63) is 52.8 Å². The number of halogens is 2. The van der Waals surface area contributed by atoms with Crippen molar-refractivity contribution in [2.75, 3.05) is 11.1 Å². The largest absolute Gasteiger partial charge is 0.507 e. The molecule has 6 nitrogen and oxygen atoms in total. The van der Waals surface area contributed by atoms with Gasteiger partial charge in [0.05, 0.1) is 11.3 Å². The number of phenolic OH excluding ortho intramolecular Hbond substituents is 1. The summed E-state index contributed by atoms with van der Waals surface area (Å²) in [6, 6.07) is 10.6. The summed E-state index contributed by atoms with van der Waals surface area (Å²) >= 11 is 4.45. The summed E-state index contributed by atoms with van der Waals surface area (Å²) in [6.07, 6.45) is 0. The van der Waals surface area contributed by atoms with Crippen LogP contribution < -0.4 is 5.32 Å². The Morgan fingerprint density at radius 2 is 2.16 bits per heavy atom. The van der Waals surface area contributed by atoms with Crippen molar-refractivity contribution in [1.82, 2.24) is 15.2 Å². The van der Waals surface area contributed by atoms with Gasteiger partial charge in [0.15, 0.2) is 5.82 Å². The highest BCUT2D eigenvalue weighted by Crippen LogP contribution is 2.30. The number of phenols is 1. The Balaban J connectivity index is 1.62. The zero-order valence-corrected chi connectivity index (χ0v) is 15.1. The van der Waals surface area contributed by atoms with Crippen molar-refractivity contribution in [1.29, 1.82) is 0 Å². The number of aromatic amines is 1. The van der Waals surface area contributed by atoms with Gasteiger partial charge in [-0.15, -0.1) is 5.10 Å². The van der Waals surface area contributed by atoms with E-state index >= 15 is 0 Å². The number of rotatable bonds is 5. The first kappa shape index (κ1) is 17.4. The second kappa shape index (κ2) is 7.66. The minimum atomic E-state index is -0.419. The maximum atomic E-state index is 13.1. The van der Waals surface area contributed by atoms with Crippen LogP contribution in [-0.2, 0) is 4.79 Å². The van der Waals surface area contributed by atoms with Crippen molar-refractivity contribution in [3.63, 3.8) is 0 Å². The second-order valence-electron chi connectivity index (χ2n) is 4.98. The molecule has 1 heterocycles. The third kappa shape index (κ3) is 4.58. The van der Waals surface area contributed by atoms with Crippen molar-refractivity contribution in [2.45, 2.75) is 5.16 Å². The smallest absolute Gasteiger partial charge is 0.234 e. The predicted molar refractivity (Wildman–Crippen MR) is 96.9 cm³/mol. The summed E-state index contributed by atoms with van der Waals surface area (Å²) < 4.78 is 13.9. The topological polar surface area (TPSA) is 90.9 Å². The first-order valence-electron chi connectivity index (χ1n) is 7.11. The average molecular weight is 423 g/mol. The lowest BCUT2D eigenvalue weighted by Gasteiger charge is -2.03. The predicted octanol–water partition coefficient (Wildman–Crippen LogP) is 3.81. The number of hydrogen-bond acceptors (Lipinski definition) is 5. The first-order chi connectivity index (χ1) is 12.0. The van der Waals surface area contributed by atoms with Gasteiger partial charge in [-0.05, 0) is 36.4 Å². The van der Waals surface area contributed by atoms with Gasteiger partial charge in [-0.3, -0.25) is 9.89 Å². The van der Waals surface area contributed by atoms with Gasteiger partial charge in [0.25, 0.3) is 0 Å². The quantitative estimate of drug-likeness (QED) is 0.543. The Hall–Kier alpha value is -2.39. The highest BCUT2D eigenvalue weighted by Gasteiger charge is 2.12. The van der Waals surface area contributed by atoms with E-state index in [0.717, 1.165) is 16.2 Å². The van der Waals surface area contributed by atoms with Crippen molar-refractivity contribution >= 4 is 39.3 Å². The molecule has 0 aliphatic rings. The molecular weight excluding hydrogens is 411 g/mol. The molecule has 3 rings (SSSR count). The molecule has 1 aromatic heterocycles. The van der Waals surface area contributed by atoms with E-state index in [9.17, 15) is 14.3 Å². The monoisotopic (exact) mass is 422 g/mol. The molecule has 0 bridgehead atoms. The van der Waals surface area contributed by atoms with Gasteiger partial charge < -0.3 is 10.4 Å². The lowest BCUT2D eigenvalue weighted by molar-refractivity contribution is -0.113. The van der Waals surface area contributed by atoms with Crippen LogP contribution >= 0.6 is 27.7 Å². The van der Waals surface area contributed by atoms with E-state index in [4.69, 9.17) is 0 Å². The van der Waals surface area contributed by atoms with Crippen LogP contribution in [-0.4, -0.2) is 31.9 Å². The third-order valence-corrected chi connectivity index (χ3v) is 4.46. The number of carbonyl (C=O) groups excluding carboxylic acids is 1. The summed E-state index contributed by atoms with van der Waals surface area (Å²) in [5.41, 5.74) is 0.887. The van der Waals surface area contributed by atoms with Crippen molar-refractivity contribution < 1.29 is 14.3 Å². The van der Waals surface area contributed by atoms with Gasteiger partial charge in [-0.2, -0.15) is 0 Å². The van der Waals surface area contributed by atoms with Gasteiger partial charge >= 0.3 is 0 Å². The molecule has 0 unspecified atom stereocenters. The van der Waals surface area contributed by atoms with Gasteiger partial charge in [0.2, 0.25) is 11.1 Å². The number of nitrogens with zero attached hydrogens (tertiary/aromatic N) is 2. The van der Waals surface area contributed by atoms with Crippen LogP contribution in [0.3, 0.4) is 0 Å². The lowest BCUT2D eigenvalue weighted by atomic mass is 10.2. The van der Waals surface area contributed by atoms with E-state index in [1.807, 2.05) is 0 Å². The number of benzene rings is 2. The fourth-order valence-electron chi connectivity index (χ4n) is 2.02. The van der Waals surface area contributed by atoms with Crippen LogP contribution in [0, 0.1) is 5.82 Å². The molecule has 0 spiro atoms. The van der Waals surface area contributed by atoms with E-state index in [2.05, 4.69) is 36.4 Å². The highest BCUT2D eigenvalue weighted by atomic mass is 79.9. The van der Waals surface area contributed by atoms with Crippen LogP contribution in [0.1, 0.15) is 0 Å². The number of anilines is 1. The average Bonchev–Trinajstić information content (AvgIpc) is 3.04. The molecule has 0 saturated heterocycles. The minimum absolute atomic E-state index is 0.0677. The molecule has 0 fully saturated rings. The van der Waals surface area contributed by atoms with Crippen LogP contribution in [0.5, 0.6) is 5.75 Å². The molecule has 9 heteroatoms. The zero-order chi connectivity index (χ0) is 17.8. The molecule has 0 saturated carbocycles. The number of aromatic hydroxyl groups is 1. The molecule has 0 atom stereocenters. The van der Waals surface area contributed by atoms with Gasteiger partial charge in [0.1, 0.15) is 11.6 Å². The second-order valence-corrected chi connectivity index (χ2v) is 6.83. The number of H-pyrrole nitrogens is 1. The Bertz CT molecular complexity index is 919. The summed E-state index contributed by atoms with van der Waals surface area (Å²) in [4.78, 5) is 16.2. The van der Waals surface area contributed by atoms with Crippen molar-refractivity contribution in [2.24, 2.45) is 0 Å². The van der Waals surface area contributed by atoms with Gasteiger partial charge in [0, 0.05) is 10.2 Å². The molecule has 0 aliphatic heterocycles. The number of nitrogens with one attached hydrogen (secondary N) is 2. The first-order valence-corrected chi connectivity index (χ1v) is 8.88. The summed E-state index contributed by atoms with van der Waals surface area (Å²) in [5.74, 6) is -0.185. The van der Waals surface area contributed by atoms with Crippen LogP contribution in [0.25, 0.3) is 11.4 Å². The molecule has 3 N–H and O–H groups in total. The Morgan fingerprint density at radius 1 is 1.32 bits per heavy atom. The molecule has 2 aromatic carbocycles. The van der Waals surface area contributed by atoms with Crippen LogP contribution in [0.15, 0.2) is 52.1 Å². The Morgan fingerprint density at radius 3 is 2.96 bits per heavy atom. The van der Waals surface area contributed by atoms with Crippen molar-refractivity contribution in [3.8, 4) is 17.1 Å². The molecule has 1 amide bonds. The van der Waals surface area contributed by atoms with Gasteiger partial charge in [-0.25, -0.2) is 9.37 Å². The fraction of sp³-hybridized carbons (Fsp3) is 0.0625. The zero-order valence-electron chi connectivity index (χ0n) is 12.7. The number of hydrogen-bond donors (Lipinski definition) is 3. The Kier molecular flexibility index (Phi) is 5.34. The number of thioether (sulfide) groups is 1. The molecule has 3 aromatic rings. The SMILES string of the molecule is O=C(CSc1n[nH]c(-c2cc(Br)ccc2O)n1)Nc1cccc(F)c1. The fourth-order valence-corrected chi connectivity index (χ4v) is 2.98. The van der Waals surface area contributed by atoms with E-state index in [1.165, 1.54) is 18.2 Å². The summed E-state index contributed by atoms with van der Waals surface area (Å²) in [6.45, 7) is 0. The number of carbonyl (C=O) groups is 1. The summed E-state index contributed by atoms with van der Waals surface area (Å²) in [7, 11) is 0. The van der Waals surface area contributed by atoms with Gasteiger partial charge in [-0.1, -0.05) is 33.8 Å². The number of amides is 1. The Labute approximate surface area is 155 Å². The molecular formula is C16H12BrFN4O2S. The van der Waals surface area contributed by atoms with E-state index in [0.29, 0.717) is 22.2 Å². The van der Waals surface area contributed by atoms with E-state index < -0.39 is 5.82 Å². The van der Waals surface area contributed by atoms with Crippen LogP contribution in [0.4, 0.5) is 10.1 Å². The molecule has 0 radical (unpaired) electrons.